The van der Waals surface area contributed by atoms with Gasteiger partial charge in [0.25, 0.3) is 0 Å². The van der Waals surface area contributed by atoms with E-state index in [4.69, 9.17) is 9.47 Å². The van der Waals surface area contributed by atoms with Crippen LogP contribution in [0.5, 0.6) is 5.75 Å². The summed E-state index contributed by atoms with van der Waals surface area (Å²) >= 11 is 2.16. The van der Waals surface area contributed by atoms with Gasteiger partial charge in [-0.2, -0.15) is 0 Å². The van der Waals surface area contributed by atoms with E-state index in [9.17, 15) is 9.90 Å². The minimum atomic E-state index is -0.804. The highest BCUT2D eigenvalue weighted by atomic mass is 127. The molecule has 0 fully saturated rings. The molecule has 1 N–H and O–H groups in total. The Morgan fingerprint density at radius 3 is 2.61 bits per heavy atom. The van der Waals surface area contributed by atoms with Gasteiger partial charge in [-0.3, -0.25) is 4.79 Å². The number of para-hydroxylation sites is 1. The van der Waals surface area contributed by atoms with Gasteiger partial charge in [-0.1, -0.05) is 71.1 Å². The lowest BCUT2D eigenvalue weighted by Gasteiger charge is -2.41. The van der Waals surface area contributed by atoms with Crippen LogP contribution in [0.4, 0.5) is 0 Å². The van der Waals surface area contributed by atoms with Gasteiger partial charge < -0.3 is 19.5 Å². The summed E-state index contributed by atoms with van der Waals surface area (Å²) in [5, 5.41) is 10.3. The number of hydrogen-bond donors (Lipinski definition) is 1. The first-order chi connectivity index (χ1) is 14.8. The van der Waals surface area contributed by atoms with Crippen molar-refractivity contribution in [3.8, 4) is 5.75 Å². The first-order valence-electron chi connectivity index (χ1n) is 10.7. The van der Waals surface area contributed by atoms with E-state index in [2.05, 4.69) is 22.6 Å². The topological polar surface area (TPSA) is 59.0 Å². The van der Waals surface area contributed by atoms with Crippen molar-refractivity contribution in [2.75, 3.05) is 18.1 Å². The molecule has 0 saturated heterocycles. The number of carbonyl (C=O) groups excluding carboxylic acids is 1. The molecule has 1 amide bonds. The third kappa shape index (κ3) is 6.43. The molecule has 0 aliphatic carbocycles. The average molecular weight is 537 g/mol. The van der Waals surface area contributed by atoms with Crippen LogP contribution in [0.1, 0.15) is 31.4 Å². The number of fused-ring (bicyclic) bond motifs is 1. The molecule has 31 heavy (non-hydrogen) atoms. The zero-order valence-electron chi connectivity index (χ0n) is 18.5. The molecule has 5 nitrogen and oxygen atoms in total. The number of carbonyl (C=O) groups is 1. The van der Waals surface area contributed by atoms with Crippen LogP contribution in [-0.4, -0.2) is 51.9 Å². The summed E-state index contributed by atoms with van der Waals surface area (Å²) in [4.78, 5) is 15.2. The highest BCUT2D eigenvalue weighted by molar-refractivity contribution is 14.1. The van der Waals surface area contributed by atoms with Crippen molar-refractivity contribution < 1.29 is 19.4 Å². The van der Waals surface area contributed by atoms with Gasteiger partial charge in [-0.25, -0.2) is 0 Å². The molecule has 6 heteroatoms. The molecular weight excluding hydrogens is 505 g/mol. The van der Waals surface area contributed by atoms with Crippen LogP contribution in [0.2, 0.25) is 0 Å². The monoisotopic (exact) mass is 537 g/mol. The smallest absolute Gasteiger partial charge is 0.228 e. The van der Waals surface area contributed by atoms with Crippen molar-refractivity contribution in [3.63, 3.8) is 0 Å². The number of hydrogen-bond acceptors (Lipinski definition) is 4. The number of benzene rings is 2. The number of aliphatic hydroxyl groups excluding tert-OH is 1. The molecule has 1 aliphatic rings. The summed E-state index contributed by atoms with van der Waals surface area (Å²) in [6.07, 6.45) is 1.12. The Balaban J connectivity index is 1.69. The summed E-state index contributed by atoms with van der Waals surface area (Å²) in [5.41, 5.74) is 1.41. The normalized spacial score (nSPS) is 17.9. The van der Waals surface area contributed by atoms with E-state index in [1.807, 2.05) is 68.4 Å². The Kier molecular flexibility index (Phi) is 8.36. The molecule has 2 aromatic rings. The van der Waals surface area contributed by atoms with Gasteiger partial charge in [0, 0.05) is 23.8 Å². The van der Waals surface area contributed by atoms with E-state index in [1.165, 1.54) is 0 Å². The standard InChI is InChI=1S/C25H32INO4/c1-25(2,31-22-15-19-11-7-8-12-23(19)30-17-22)27(3)24(29)20(14-21(28)16-26)13-18-9-5-4-6-10-18/h4-12,20-22,28H,13-17H2,1-3H3/t20-,21+,22+/m1/s1. The number of rotatable bonds is 9. The van der Waals surface area contributed by atoms with Crippen LogP contribution in [0.15, 0.2) is 54.6 Å². The fraction of sp³-hybridized carbons (Fsp3) is 0.480. The molecule has 3 rings (SSSR count). The molecule has 3 atom stereocenters. The summed E-state index contributed by atoms with van der Waals surface area (Å²) in [6.45, 7) is 4.29. The molecular formula is C25H32INO4. The van der Waals surface area contributed by atoms with E-state index in [0.717, 1.165) is 23.3 Å². The number of aliphatic hydroxyl groups is 1. The van der Waals surface area contributed by atoms with Crippen molar-refractivity contribution >= 4 is 28.5 Å². The Morgan fingerprint density at radius 2 is 1.90 bits per heavy atom. The largest absolute Gasteiger partial charge is 0.491 e. The van der Waals surface area contributed by atoms with Crippen molar-refractivity contribution in [1.82, 2.24) is 4.90 Å². The van der Waals surface area contributed by atoms with Gasteiger partial charge >= 0.3 is 0 Å². The van der Waals surface area contributed by atoms with Gasteiger partial charge in [0.05, 0.1) is 12.2 Å². The third-order valence-electron chi connectivity index (χ3n) is 5.85. The predicted octanol–water partition coefficient (Wildman–Crippen LogP) is 4.25. The molecule has 0 spiro atoms. The second-order valence-electron chi connectivity index (χ2n) is 8.64. The zero-order valence-corrected chi connectivity index (χ0v) is 20.6. The molecule has 0 unspecified atom stereocenters. The summed E-state index contributed by atoms with van der Waals surface area (Å²) in [5.74, 6) is 0.568. The van der Waals surface area contributed by atoms with Crippen molar-refractivity contribution in [2.24, 2.45) is 5.92 Å². The quantitative estimate of drug-likeness (QED) is 0.295. The summed E-state index contributed by atoms with van der Waals surface area (Å²) in [7, 11) is 1.79. The van der Waals surface area contributed by atoms with Crippen LogP contribution in [-0.2, 0) is 22.4 Å². The Bertz CT molecular complexity index is 858. The average Bonchev–Trinajstić information content (AvgIpc) is 2.77. The highest BCUT2D eigenvalue weighted by Crippen LogP contribution is 2.29. The maximum atomic E-state index is 13.5. The number of ether oxygens (including phenoxy) is 2. The fourth-order valence-corrected chi connectivity index (χ4v) is 4.32. The van der Waals surface area contributed by atoms with Crippen molar-refractivity contribution in [3.05, 3.63) is 65.7 Å². The van der Waals surface area contributed by atoms with E-state index in [0.29, 0.717) is 23.9 Å². The fourth-order valence-electron chi connectivity index (χ4n) is 3.96. The Hall–Kier alpha value is -1.64. The van der Waals surface area contributed by atoms with Crippen molar-refractivity contribution in [2.45, 2.75) is 51.0 Å². The van der Waals surface area contributed by atoms with Gasteiger partial charge in [-0.15, -0.1) is 0 Å². The SMILES string of the molecule is CN(C(=O)[C@H](Cc1ccccc1)C[C@H](O)CI)C(C)(C)O[C@@H]1COc2ccccc2C1. The third-order valence-corrected chi connectivity index (χ3v) is 6.86. The van der Waals surface area contributed by atoms with E-state index in [1.54, 1.807) is 11.9 Å². The Morgan fingerprint density at radius 1 is 1.23 bits per heavy atom. The minimum Gasteiger partial charge on any atom is -0.491 e. The molecule has 168 valence electrons. The maximum absolute atomic E-state index is 13.5. The molecule has 0 saturated carbocycles. The number of nitrogens with zero attached hydrogens (tertiary/aromatic N) is 1. The molecule has 0 bridgehead atoms. The highest BCUT2D eigenvalue weighted by Gasteiger charge is 2.36. The lowest BCUT2D eigenvalue weighted by molar-refractivity contribution is -0.184. The first kappa shape index (κ1) is 24.0. The summed E-state index contributed by atoms with van der Waals surface area (Å²) < 4.78 is 12.8. The van der Waals surface area contributed by atoms with Crippen LogP contribution in [0, 0.1) is 5.92 Å². The van der Waals surface area contributed by atoms with Crippen LogP contribution in [0.25, 0.3) is 0 Å². The zero-order chi connectivity index (χ0) is 22.4. The Labute approximate surface area is 198 Å². The summed E-state index contributed by atoms with van der Waals surface area (Å²) in [6, 6.07) is 17.9. The lowest BCUT2D eigenvalue weighted by atomic mass is 9.92. The van der Waals surface area contributed by atoms with Crippen LogP contribution >= 0.6 is 22.6 Å². The first-order valence-corrected chi connectivity index (χ1v) is 12.3. The van der Waals surface area contributed by atoms with Crippen molar-refractivity contribution in [1.29, 1.82) is 0 Å². The van der Waals surface area contributed by atoms with E-state index >= 15 is 0 Å². The van der Waals surface area contributed by atoms with Crippen LogP contribution < -0.4 is 4.74 Å². The minimum absolute atomic E-state index is 0.0186. The second kappa shape index (κ2) is 10.8. The van der Waals surface area contributed by atoms with Gasteiger partial charge in [0.1, 0.15) is 18.1 Å². The van der Waals surface area contributed by atoms with Gasteiger partial charge in [0.2, 0.25) is 5.91 Å². The van der Waals surface area contributed by atoms with E-state index < -0.39 is 11.8 Å². The van der Waals surface area contributed by atoms with Gasteiger partial charge in [0.15, 0.2) is 0 Å². The predicted molar refractivity (Wildman–Crippen MR) is 131 cm³/mol. The van der Waals surface area contributed by atoms with E-state index in [-0.39, 0.29) is 17.9 Å². The maximum Gasteiger partial charge on any atom is 0.228 e. The van der Waals surface area contributed by atoms with Gasteiger partial charge in [-0.05, 0) is 43.9 Å². The molecule has 0 aromatic heterocycles. The number of alkyl halides is 1. The molecule has 0 radical (unpaired) electrons. The molecule has 1 heterocycles. The molecule has 2 aromatic carbocycles. The number of halogens is 1. The molecule has 1 aliphatic heterocycles. The lowest BCUT2D eigenvalue weighted by Crippen LogP contribution is -2.52. The van der Waals surface area contributed by atoms with Crippen LogP contribution in [0.3, 0.4) is 0 Å². The number of amides is 1. The second-order valence-corrected chi connectivity index (χ2v) is 9.52.